The van der Waals surface area contributed by atoms with E-state index in [0.29, 0.717) is 17.9 Å². The standard InChI is InChI=1S/C17H21NO5S/c1-10(2)7-13(16(19)20)18-14(17(21)22)8-12-3-4-15(23-12)11-5-6-24-9-11/h3-6,9-10,13-14,18H,7-8H2,1-2H3,(H,19,20)(H,21,22). The van der Waals surface area contributed by atoms with Crippen LogP contribution >= 0.6 is 11.3 Å². The molecule has 2 heterocycles. The van der Waals surface area contributed by atoms with E-state index in [1.54, 1.807) is 23.5 Å². The summed E-state index contributed by atoms with van der Waals surface area (Å²) in [7, 11) is 0. The predicted molar refractivity (Wildman–Crippen MR) is 91.2 cm³/mol. The molecule has 3 N–H and O–H groups in total. The van der Waals surface area contributed by atoms with Crippen LogP contribution in [0.1, 0.15) is 26.0 Å². The van der Waals surface area contributed by atoms with Gasteiger partial charge in [-0.2, -0.15) is 11.3 Å². The van der Waals surface area contributed by atoms with Crippen LogP contribution in [-0.4, -0.2) is 34.2 Å². The third kappa shape index (κ3) is 4.94. The highest BCUT2D eigenvalue weighted by Gasteiger charge is 2.27. The SMILES string of the molecule is CC(C)CC(NC(Cc1ccc(-c2ccsc2)o1)C(=O)O)C(=O)O. The van der Waals surface area contributed by atoms with E-state index in [0.717, 1.165) is 5.56 Å². The first-order valence-electron chi connectivity index (χ1n) is 7.69. The summed E-state index contributed by atoms with van der Waals surface area (Å²) in [5, 5.41) is 25.3. The van der Waals surface area contributed by atoms with E-state index in [1.807, 2.05) is 30.7 Å². The molecule has 0 radical (unpaired) electrons. The molecular weight excluding hydrogens is 330 g/mol. The summed E-state index contributed by atoms with van der Waals surface area (Å²) in [6, 6.07) is 3.51. The van der Waals surface area contributed by atoms with Gasteiger partial charge in [0.25, 0.3) is 0 Å². The molecule has 0 aromatic carbocycles. The molecule has 7 heteroatoms. The van der Waals surface area contributed by atoms with Gasteiger partial charge in [0.2, 0.25) is 0 Å². The van der Waals surface area contributed by atoms with Crippen molar-refractivity contribution in [1.82, 2.24) is 5.32 Å². The number of aliphatic carboxylic acids is 2. The van der Waals surface area contributed by atoms with E-state index in [-0.39, 0.29) is 12.3 Å². The van der Waals surface area contributed by atoms with Crippen molar-refractivity contribution >= 4 is 23.3 Å². The van der Waals surface area contributed by atoms with Gasteiger partial charge in [-0.05, 0) is 35.9 Å². The van der Waals surface area contributed by atoms with E-state index in [4.69, 9.17) is 4.42 Å². The summed E-state index contributed by atoms with van der Waals surface area (Å²) in [4.78, 5) is 22.8. The molecule has 0 aliphatic heterocycles. The highest BCUT2D eigenvalue weighted by molar-refractivity contribution is 7.08. The Morgan fingerprint density at radius 2 is 1.88 bits per heavy atom. The Morgan fingerprint density at radius 3 is 2.42 bits per heavy atom. The number of thiophene rings is 1. The first kappa shape index (κ1) is 18.2. The van der Waals surface area contributed by atoms with Gasteiger partial charge in [-0.3, -0.25) is 14.9 Å². The number of carboxylic acid groups (broad SMARTS) is 2. The predicted octanol–water partition coefficient (Wildman–Crippen LogP) is 3.09. The van der Waals surface area contributed by atoms with Gasteiger partial charge in [-0.25, -0.2) is 0 Å². The molecule has 0 bridgehead atoms. The first-order chi connectivity index (χ1) is 11.4. The van der Waals surface area contributed by atoms with Crippen LogP contribution in [0.25, 0.3) is 11.3 Å². The van der Waals surface area contributed by atoms with Crippen molar-refractivity contribution in [2.45, 2.75) is 38.8 Å². The normalized spacial score (nSPS) is 13.8. The Kier molecular flexibility index (Phi) is 6.16. The number of carbonyl (C=O) groups is 2. The minimum Gasteiger partial charge on any atom is -0.480 e. The fraction of sp³-hybridized carbons (Fsp3) is 0.412. The van der Waals surface area contributed by atoms with Gasteiger partial charge in [-0.1, -0.05) is 13.8 Å². The summed E-state index contributed by atoms with van der Waals surface area (Å²) in [5.41, 5.74) is 0.939. The summed E-state index contributed by atoms with van der Waals surface area (Å²) >= 11 is 1.55. The zero-order chi connectivity index (χ0) is 17.7. The largest absolute Gasteiger partial charge is 0.480 e. The molecule has 24 heavy (non-hydrogen) atoms. The third-order valence-corrected chi connectivity index (χ3v) is 4.26. The second-order valence-electron chi connectivity index (χ2n) is 6.06. The highest BCUT2D eigenvalue weighted by Crippen LogP contribution is 2.25. The number of nitrogens with one attached hydrogen (secondary N) is 1. The maximum Gasteiger partial charge on any atom is 0.321 e. The molecular formula is C17H21NO5S. The van der Waals surface area contributed by atoms with Crippen molar-refractivity contribution in [2.24, 2.45) is 5.92 Å². The average Bonchev–Trinajstić information content (AvgIpc) is 3.15. The van der Waals surface area contributed by atoms with Crippen LogP contribution in [0.5, 0.6) is 0 Å². The van der Waals surface area contributed by atoms with Crippen LogP contribution in [0.4, 0.5) is 0 Å². The van der Waals surface area contributed by atoms with Gasteiger partial charge in [0.1, 0.15) is 23.6 Å². The molecule has 0 aliphatic rings. The van der Waals surface area contributed by atoms with E-state index < -0.39 is 24.0 Å². The first-order valence-corrected chi connectivity index (χ1v) is 8.64. The minimum absolute atomic E-state index is 0.0847. The van der Waals surface area contributed by atoms with Crippen molar-refractivity contribution in [2.75, 3.05) is 0 Å². The Hall–Kier alpha value is -2.12. The molecule has 2 rings (SSSR count). The highest BCUT2D eigenvalue weighted by atomic mass is 32.1. The van der Waals surface area contributed by atoms with Crippen LogP contribution in [0.15, 0.2) is 33.4 Å². The van der Waals surface area contributed by atoms with Gasteiger partial charge in [0, 0.05) is 17.4 Å². The smallest absolute Gasteiger partial charge is 0.321 e. The van der Waals surface area contributed by atoms with Crippen molar-refractivity contribution in [3.8, 4) is 11.3 Å². The number of hydrogen-bond acceptors (Lipinski definition) is 5. The maximum absolute atomic E-state index is 11.5. The van der Waals surface area contributed by atoms with Crippen LogP contribution in [0.2, 0.25) is 0 Å². The summed E-state index contributed by atoms with van der Waals surface area (Å²) in [6.07, 6.45) is 0.443. The zero-order valence-electron chi connectivity index (χ0n) is 13.6. The second-order valence-corrected chi connectivity index (χ2v) is 6.84. The lowest BCUT2D eigenvalue weighted by atomic mass is 10.0. The van der Waals surface area contributed by atoms with E-state index in [1.165, 1.54) is 0 Å². The molecule has 130 valence electrons. The monoisotopic (exact) mass is 351 g/mol. The quantitative estimate of drug-likeness (QED) is 0.642. The lowest BCUT2D eigenvalue weighted by Crippen LogP contribution is -2.48. The lowest BCUT2D eigenvalue weighted by Gasteiger charge is -2.21. The molecule has 2 aromatic rings. The maximum atomic E-state index is 11.5. The van der Waals surface area contributed by atoms with Crippen LogP contribution in [0.3, 0.4) is 0 Å². The molecule has 2 aromatic heterocycles. The van der Waals surface area contributed by atoms with E-state index in [2.05, 4.69) is 5.32 Å². The van der Waals surface area contributed by atoms with Gasteiger partial charge >= 0.3 is 11.9 Å². The van der Waals surface area contributed by atoms with Crippen molar-refractivity contribution in [3.63, 3.8) is 0 Å². The molecule has 6 nitrogen and oxygen atoms in total. The molecule has 0 saturated heterocycles. The van der Waals surface area contributed by atoms with Crippen LogP contribution in [-0.2, 0) is 16.0 Å². The van der Waals surface area contributed by atoms with E-state index >= 15 is 0 Å². The topological polar surface area (TPSA) is 99.8 Å². The average molecular weight is 351 g/mol. The fourth-order valence-electron chi connectivity index (χ4n) is 2.42. The van der Waals surface area contributed by atoms with Crippen LogP contribution < -0.4 is 5.32 Å². The molecule has 0 amide bonds. The van der Waals surface area contributed by atoms with Crippen LogP contribution in [0, 0.1) is 5.92 Å². The summed E-state index contributed by atoms with van der Waals surface area (Å²) in [5.74, 6) is -0.828. The van der Waals surface area contributed by atoms with Gasteiger partial charge < -0.3 is 14.6 Å². The Bertz CT molecular complexity index is 677. The minimum atomic E-state index is -1.10. The Balaban J connectivity index is 2.08. The summed E-state index contributed by atoms with van der Waals surface area (Å²) < 4.78 is 5.69. The molecule has 0 fully saturated rings. The zero-order valence-corrected chi connectivity index (χ0v) is 14.4. The third-order valence-electron chi connectivity index (χ3n) is 3.58. The van der Waals surface area contributed by atoms with Gasteiger partial charge in [0.05, 0.1) is 0 Å². The summed E-state index contributed by atoms with van der Waals surface area (Å²) in [6.45, 7) is 3.79. The van der Waals surface area contributed by atoms with Gasteiger partial charge in [-0.15, -0.1) is 0 Å². The Labute approximate surface area is 144 Å². The lowest BCUT2D eigenvalue weighted by molar-refractivity contribution is -0.143. The number of rotatable bonds is 9. The van der Waals surface area contributed by atoms with E-state index in [9.17, 15) is 19.8 Å². The fourth-order valence-corrected chi connectivity index (χ4v) is 3.07. The van der Waals surface area contributed by atoms with Gasteiger partial charge in [0.15, 0.2) is 0 Å². The second kappa shape index (κ2) is 8.12. The molecule has 0 spiro atoms. The van der Waals surface area contributed by atoms with Crippen molar-refractivity contribution < 1.29 is 24.2 Å². The number of carboxylic acids is 2. The molecule has 0 aliphatic carbocycles. The Morgan fingerprint density at radius 1 is 1.17 bits per heavy atom. The number of furan rings is 1. The van der Waals surface area contributed by atoms with Crippen molar-refractivity contribution in [1.29, 1.82) is 0 Å². The van der Waals surface area contributed by atoms with Crippen molar-refractivity contribution in [3.05, 3.63) is 34.7 Å². The molecule has 0 saturated carbocycles. The molecule has 2 unspecified atom stereocenters. The molecule has 2 atom stereocenters. The number of hydrogen-bond donors (Lipinski definition) is 3.